The van der Waals surface area contributed by atoms with Crippen LogP contribution < -0.4 is 9.64 Å². The molecule has 0 amide bonds. The maximum atomic E-state index is 12.8. The number of carbonyl (C=O) groups excluding carboxylic acids is 1. The smallest absolute Gasteiger partial charge is 0.298 e. The molecule has 64 heavy (non-hydrogen) atoms. The molecular weight excluding hydrogens is 941 g/mol. The van der Waals surface area contributed by atoms with Gasteiger partial charge < -0.3 is 9.64 Å². The fourth-order valence-electron chi connectivity index (χ4n) is 8.72. The van der Waals surface area contributed by atoms with Crippen molar-refractivity contribution in [3.05, 3.63) is 102 Å². The second-order valence-electron chi connectivity index (χ2n) is 15.9. The van der Waals surface area contributed by atoms with Gasteiger partial charge in [0.2, 0.25) is 5.69 Å². The number of benzene rings is 4. The standard InChI is InChI=1S/C40H42N2O17S5/c1-39(2)35(41(17-7-19-60(44,45)46)32-15-11-26-21-27(59-25-43)12-13-29(26)37(32)39)9-5-4-6-10-36-40(3,24-62(50,51)52)38-31-22-28(63(53,54)55)23-34(64(56,57)58)30(31)14-16-33(38)42(36)18-8-20-61(47,48)49/h4-6,9-16,21-23,25H,7-8,17-20,24H2,1-3H3,(H4-,44,45,46,47,48,49,50,51,52,53,54,55,56,57,58)/p+1. The fourth-order valence-corrected chi connectivity index (χ4v) is 12.1. The van der Waals surface area contributed by atoms with E-state index >= 15 is 0 Å². The van der Waals surface area contributed by atoms with Gasteiger partial charge in [-0.3, -0.25) is 27.6 Å². The first-order valence-electron chi connectivity index (χ1n) is 19.0. The van der Waals surface area contributed by atoms with E-state index in [0.29, 0.717) is 24.0 Å². The Morgan fingerprint density at radius 3 is 1.95 bits per heavy atom. The van der Waals surface area contributed by atoms with Gasteiger partial charge in [-0.25, -0.2) is 0 Å². The van der Waals surface area contributed by atoms with Crippen LogP contribution in [-0.4, -0.2) is 112 Å². The van der Waals surface area contributed by atoms with Gasteiger partial charge in [0.25, 0.3) is 57.1 Å². The van der Waals surface area contributed by atoms with Crippen molar-refractivity contribution in [2.75, 3.05) is 35.2 Å². The summed E-state index contributed by atoms with van der Waals surface area (Å²) in [6.07, 6.45) is 7.64. The molecule has 0 radical (unpaired) electrons. The fraction of sp³-hybridized carbons (Fsp3) is 0.300. The van der Waals surface area contributed by atoms with E-state index in [0.717, 1.165) is 28.1 Å². The van der Waals surface area contributed by atoms with Crippen LogP contribution in [0.5, 0.6) is 5.75 Å². The molecule has 1 atom stereocenters. The van der Waals surface area contributed by atoms with Crippen LogP contribution >= 0.6 is 0 Å². The van der Waals surface area contributed by atoms with E-state index in [-0.39, 0.29) is 53.7 Å². The number of fused-ring (bicyclic) bond motifs is 6. The molecule has 0 spiro atoms. The molecule has 1 unspecified atom stereocenters. The SMILES string of the molecule is CC1(C)C(/C=C/C=C/C=C2/N(CCCS(=O)(=O)O)c3ccc4c(S(=O)(=O)O)cc(S(=O)(=O)O)cc4c3C2(C)CS(=O)(=O)O)=[N+](CCCS(=O)(=O)O)c2ccc3cc(OC=O)ccc3c21. The van der Waals surface area contributed by atoms with Crippen molar-refractivity contribution in [1.29, 1.82) is 0 Å². The summed E-state index contributed by atoms with van der Waals surface area (Å²) in [4.78, 5) is 10.5. The average molecular weight is 984 g/mol. The van der Waals surface area contributed by atoms with Crippen molar-refractivity contribution >= 4 is 95.7 Å². The number of rotatable bonds is 17. The Bertz CT molecular complexity index is 3320. The van der Waals surface area contributed by atoms with Gasteiger partial charge in [-0.15, -0.1) is 0 Å². The Morgan fingerprint density at radius 1 is 0.688 bits per heavy atom. The molecule has 0 aromatic heterocycles. The first kappa shape index (κ1) is 48.6. The third kappa shape index (κ3) is 10.1. The van der Waals surface area contributed by atoms with E-state index in [1.165, 1.54) is 36.1 Å². The van der Waals surface area contributed by atoms with Gasteiger partial charge in [-0.1, -0.05) is 30.4 Å². The minimum Gasteiger partial charge on any atom is -0.429 e. The van der Waals surface area contributed by atoms with Gasteiger partial charge in [0.05, 0.1) is 33.0 Å². The summed E-state index contributed by atoms with van der Waals surface area (Å²) < 4.78 is 179. The third-order valence-corrected chi connectivity index (χ3v) is 15.4. The number of nitrogens with zero attached hydrogens (tertiary/aromatic N) is 2. The third-order valence-electron chi connectivity index (χ3n) is 11.1. The lowest BCUT2D eigenvalue weighted by Crippen LogP contribution is -2.35. The van der Waals surface area contributed by atoms with Gasteiger partial charge in [0.15, 0.2) is 5.71 Å². The van der Waals surface area contributed by atoms with Crippen LogP contribution in [0.15, 0.2) is 100 Å². The largest absolute Gasteiger partial charge is 0.429 e. The topological polar surface area (TPSA) is 304 Å². The summed E-state index contributed by atoms with van der Waals surface area (Å²) >= 11 is 0. The van der Waals surface area contributed by atoms with E-state index in [2.05, 4.69) is 0 Å². The lowest BCUT2D eigenvalue weighted by molar-refractivity contribution is -0.437. The summed E-state index contributed by atoms with van der Waals surface area (Å²) in [5.41, 5.74) is -0.194. The van der Waals surface area contributed by atoms with Crippen molar-refractivity contribution in [2.45, 2.75) is 54.2 Å². The number of ether oxygens (including phenoxy) is 1. The highest BCUT2D eigenvalue weighted by Crippen LogP contribution is 2.53. The van der Waals surface area contributed by atoms with Crippen LogP contribution in [0, 0.1) is 0 Å². The predicted octanol–water partition coefficient (Wildman–Crippen LogP) is 4.62. The monoisotopic (exact) mass is 983 g/mol. The Hall–Kier alpha value is -4.89. The van der Waals surface area contributed by atoms with Crippen LogP contribution in [-0.2, 0) is 66.2 Å². The molecule has 0 aliphatic carbocycles. The summed E-state index contributed by atoms with van der Waals surface area (Å²) in [6.45, 7) is 5.49. The van der Waals surface area contributed by atoms with Crippen molar-refractivity contribution < 1.29 is 79.0 Å². The second-order valence-corrected chi connectivity index (χ2v) is 23.3. The molecule has 0 saturated carbocycles. The maximum absolute atomic E-state index is 12.8. The minimum atomic E-state index is -5.19. The molecule has 2 aliphatic rings. The van der Waals surface area contributed by atoms with Crippen molar-refractivity contribution in [1.82, 2.24) is 0 Å². The lowest BCUT2D eigenvalue weighted by Gasteiger charge is -2.29. The van der Waals surface area contributed by atoms with E-state index in [1.54, 1.807) is 36.4 Å². The summed E-state index contributed by atoms with van der Waals surface area (Å²) in [7, 11) is -24.1. The van der Waals surface area contributed by atoms with Gasteiger partial charge in [-0.2, -0.15) is 46.7 Å². The zero-order valence-corrected chi connectivity index (χ0v) is 38.3. The van der Waals surface area contributed by atoms with Crippen molar-refractivity contribution in [3.8, 4) is 5.75 Å². The number of allylic oxidation sites excluding steroid dienone is 6. The highest BCUT2D eigenvalue weighted by molar-refractivity contribution is 7.87. The molecule has 344 valence electrons. The molecule has 2 heterocycles. The molecular formula is C40H43N2O17S5+. The summed E-state index contributed by atoms with van der Waals surface area (Å²) in [6, 6.07) is 12.7. The Morgan fingerprint density at radius 2 is 1.34 bits per heavy atom. The molecule has 4 aromatic rings. The van der Waals surface area contributed by atoms with E-state index in [1.807, 2.05) is 30.6 Å². The number of anilines is 1. The minimum absolute atomic E-state index is 0.0459. The van der Waals surface area contributed by atoms with Gasteiger partial charge in [0, 0.05) is 47.4 Å². The van der Waals surface area contributed by atoms with Crippen LogP contribution in [0.3, 0.4) is 0 Å². The summed E-state index contributed by atoms with van der Waals surface area (Å²) in [5, 5.41) is 1.03. The normalized spacial score (nSPS) is 18.8. The molecule has 6 rings (SSSR count). The highest BCUT2D eigenvalue weighted by Gasteiger charge is 2.48. The second kappa shape index (κ2) is 17.2. The molecule has 19 nitrogen and oxygen atoms in total. The molecule has 0 bridgehead atoms. The molecule has 0 fully saturated rings. The van der Waals surface area contributed by atoms with E-state index in [4.69, 9.17) is 4.74 Å². The zero-order chi connectivity index (χ0) is 47.4. The Labute approximate surface area is 369 Å². The quantitative estimate of drug-likeness (QED) is 0.0417. The highest BCUT2D eigenvalue weighted by atomic mass is 32.2. The number of carbonyl (C=O) groups is 1. The molecule has 24 heteroatoms. The van der Waals surface area contributed by atoms with Gasteiger partial charge in [0.1, 0.15) is 17.2 Å². The molecule has 0 saturated heterocycles. The van der Waals surface area contributed by atoms with Gasteiger partial charge >= 0.3 is 0 Å². The van der Waals surface area contributed by atoms with Crippen LogP contribution in [0.25, 0.3) is 21.5 Å². The number of hydrogen-bond acceptors (Lipinski definition) is 13. The zero-order valence-electron chi connectivity index (χ0n) is 34.2. The lowest BCUT2D eigenvalue weighted by atomic mass is 9.79. The van der Waals surface area contributed by atoms with E-state index < -0.39 is 88.5 Å². The van der Waals surface area contributed by atoms with Crippen LogP contribution in [0.2, 0.25) is 0 Å². The summed E-state index contributed by atoms with van der Waals surface area (Å²) in [5.74, 6) is -2.03. The van der Waals surface area contributed by atoms with Crippen molar-refractivity contribution in [3.63, 3.8) is 0 Å². The van der Waals surface area contributed by atoms with E-state index in [9.17, 15) is 69.6 Å². The predicted molar refractivity (Wildman–Crippen MR) is 237 cm³/mol. The molecule has 5 N–H and O–H groups in total. The number of hydrogen-bond donors (Lipinski definition) is 5. The maximum Gasteiger partial charge on any atom is 0.298 e. The van der Waals surface area contributed by atoms with Gasteiger partial charge in [-0.05, 0) is 91.4 Å². The first-order chi connectivity index (χ1) is 29.5. The molecule has 4 aromatic carbocycles. The molecule has 2 aliphatic heterocycles. The van der Waals surface area contributed by atoms with Crippen LogP contribution in [0.4, 0.5) is 11.4 Å². The average Bonchev–Trinajstić information content (AvgIpc) is 3.50. The first-order valence-corrected chi connectivity index (χ1v) is 26.7. The Kier molecular flexibility index (Phi) is 13.0. The van der Waals surface area contributed by atoms with Crippen molar-refractivity contribution in [2.24, 2.45) is 0 Å². The Balaban J connectivity index is 1.51. The van der Waals surface area contributed by atoms with Crippen LogP contribution in [0.1, 0.15) is 44.7 Å².